The van der Waals surface area contributed by atoms with E-state index < -0.39 is 0 Å². The Balaban J connectivity index is 1.63. The lowest BCUT2D eigenvalue weighted by atomic mass is 10.1. The van der Waals surface area contributed by atoms with Crippen LogP contribution in [0.4, 0.5) is 5.13 Å². The van der Waals surface area contributed by atoms with Crippen molar-refractivity contribution in [2.75, 3.05) is 19.1 Å². The van der Waals surface area contributed by atoms with Gasteiger partial charge in [0.05, 0.1) is 32.0 Å². The van der Waals surface area contributed by atoms with Crippen LogP contribution in [-0.2, 0) is 22.6 Å². The quantitative estimate of drug-likeness (QED) is 0.267. The molecule has 1 heterocycles. The van der Waals surface area contributed by atoms with Crippen molar-refractivity contribution in [1.82, 2.24) is 4.98 Å². The molecule has 0 aliphatic rings. The molecular weight excluding hydrogens is 426 g/mol. The molecule has 0 aliphatic heterocycles. The zero-order chi connectivity index (χ0) is 22.9. The highest BCUT2D eigenvalue weighted by Gasteiger charge is 2.09. The molecule has 0 unspecified atom stereocenters. The molecular formula is C24H27N3O4S. The Kier molecular flexibility index (Phi) is 8.21. The second-order valence-corrected chi connectivity index (χ2v) is 7.91. The number of hydrazone groups is 1. The number of carbonyl (C=O) groups is 1. The van der Waals surface area contributed by atoms with E-state index in [1.54, 1.807) is 20.2 Å². The van der Waals surface area contributed by atoms with Gasteiger partial charge in [0.2, 0.25) is 5.13 Å². The Morgan fingerprint density at radius 3 is 2.84 bits per heavy atom. The summed E-state index contributed by atoms with van der Waals surface area (Å²) in [5.74, 6) is 1.32. The number of aryl methyl sites for hydroxylation is 1. The van der Waals surface area contributed by atoms with Crippen LogP contribution in [0.25, 0.3) is 0 Å². The average molecular weight is 454 g/mol. The van der Waals surface area contributed by atoms with Crippen molar-refractivity contribution >= 4 is 28.7 Å². The van der Waals surface area contributed by atoms with Gasteiger partial charge in [0.15, 0.2) is 0 Å². The molecule has 7 nitrogen and oxygen atoms in total. The Bertz CT molecular complexity index is 1090. The van der Waals surface area contributed by atoms with Crippen LogP contribution >= 0.6 is 11.3 Å². The number of hydrogen-bond acceptors (Lipinski definition) is 8. The van der Waals surface area contributed by atoms with E-state index in [2.05, 4.69) is 28.5 Å². The Hall–Kier alpha value is -3.39. The average Bonchev–Trinajstić information content (AvgIpc) is 3.22. The van der Waals surface area contributed by atoms with E-state index >= 15 is 0 Å². The fraction of sp³-hybridized carbons (Fsp3) is 0.292. The first-order valence-corrected chi connectivity index (χ1v) is 11.1. The highest BCUT2D eigenvalue weighted by atomic mass is 32.1. The maximum Gasteiger partial charge on any atom is 0.311 e. The number of ether oxygens (including phenoxy) is 3. The maximum atomic E-state index is 11.6. The minimum Gasteiger partial charge on any atom is -0.496 e. The molecule has 8 heteroatoms. The molecule has 0 amide bonds. The van der Waals surface area contributed by atoms with Gasteiger partial charge >= 0.3 is 5.97 Å². The lowest BCUT2D eigenvalue weighted by Gasteiger charge is -2.13. The Morgan fingerprint density at radius 2 is 2.06 bits per heavy atom. The smallest absolute Gasteiger partial charge is 0.311 e. The highest BCUT2D eigenvalue weighted by molar-refractivity contribution is 7.13. The Labute approximate surface area is 192 Å². The topological polar surface area (TPSA) is 82.0 Å². The van der Waals surface area contributed by atoms with Gasteiger partial charge in [-0.3, -0.25) is 10.2 Å². The second kappa shape index (κ2) is 11.3. The summed E-state index contributed by atoms with van der Waals surface area (Å²) in [5, 5.41) is 6.67. The fourth-order valence-electron chi connectivity index (χ4n) is 2.99. The predicted molar refractivity (Wildman–Crippen MR) is 127 cm³/mol. The van der Waals surface area contributed by atoms with Gasteiger partial charge in [-0.15, -0.1) is 11.3 Å². The number of esters is 1. The summed E-state index contributed by atoms with van der Waals surface area (Å²) in [6.07, 6.45) is 1.85. The summed E-state index contributed by atoms with van der Waals surface area (Å²) in [5.41, 5.74) is 7.68. The molecule has 3 aromatic rings. The molecule has 0 saturated heterocycles. The number of nitrogens with zero attached hydrogens (tertiary/aromatic N) is 2. The second-order valence-electron chi connectivity index (χ2n) is 7.05. The SMILES string of the molecule is CCOC(=O)Cc1csc(NN=Cc2ccc(OC)c(COc3cccc(C)c3C)c2)n1. The molecule has 1 N–H and O–H groups in total. The van der Waals surface area contributed by atoms with E-state index in [0.29, 0.717) is 24.0 Å². The molecule has 0 bridgehead atoms. The normalized spacial score (nSPS) is 10.9. The van der Waals surface area contributed by atoms with Gasteiger partial charge in [0.1, 0.15) is 18.1 Å². The van der Waals surface area contributed by atoms with Crippen LogP contribution in [0.5, 0.6) is 11.5 Å². The van der Waals surface area contributed by atoms with E-state index in [4.69, 9.17) is 14.2 Å². The lowest BCUT2D eigenvalue weighted by molar-refractivity contribution is -0.142. The lowest BCUT2D eigenvalue weighted by Crippen LogP contribution is -2.07. The summed E-state index contributed by atoms with van der Waals surface area (Å²) in [4.78, 5) is 15.9. The van der Waals surface area contributed by atoms with Gasteiger partial charge in [0, 0.05) is 10.9 Å². The van der Waals surface area contributed by atoms with Crippen LogP contribution in [0.15, 0.2) is 46.9 Å². The molecule has 1 aromatic heterocycles. The number of benzene rings is 2. The van der Waals surface area contributed by atoms with Crippen LogP contribution < -0.4 is 14.9 Å². The molecule has 2 aromatic carbocycles. The van der Waals surface area contributed by atoms with Gasteiger partial charge in [-0.25, -0.2) is 4.98 Å². The van der Waals surface area contributed by atoms with E-state index in [0.717, 1.165) is 28.2 Å². The standard InChI is InChI=1S/C24H27N3O4S/c1-5-30-23(28)12-20-15-32-24(26-20)27-25-13-18-9-10-22(29-4)19(11-18)14-31-21-8-6-7-16(2)17(21)3/h6-11,13,15H,5,12,14H2,1-4H3,(H,26,27). The van der Waals surface area contributed by atoms with Gasteiger partial charge in [0.25, 0.3) is 0 Å². The van der Waals surface area contributed by atoms with E-state index in [9.17, 15) is 4.79 Å². The van der Waals surface area contributed by atoms with Gasteiger partial charge in [-0.2, -0.15) is 5.10 Å². The van der Waals surface area contributed by atoms with Crippen molar-refractivity contribution in [3.8, 4) is 11.5 Å². The number of thiazole rings is 1. The largest absolute Gasteiger partial charge is 0.496 e. The molecule has 0 aliphatic carbocycles. The summed E-state index contributed by atoms with van der Waals surface area (Å²) in [6, 6.07) is 11.8. The molecule has 0 spiro atoms. The van der Waals surface area contributed by atoms with Crippen molar-refractivity contribution in [3.63, 3.8) is 0 Å². The third-order valence-electron chi connectivity index (χ3n) is 4.80. The Morgan fingerprint density at radius 1 is 1.22 bits per heavy atom. The number of carbonyl (C=O) groups excluding carboxylic acids is 1. The van der Waals surface area contributed by atoms with E-state index in [1.807, 2.05) is 42.6 Å². The third kappa shape index (κ3) is 6.31. The maximum absolute atomic E-state index is 11.6. The highest BCUT2D eigenvalue weighted by Crippen LogP contribution is 2.25. The molecule has 3 rings (SSSR count). The zero-order valence-electron chi connectivity index (χ0n) is 18.7. The predicted octanol–water partition coefficient (Wildman–Crippen LogP) is 4.90. The third-order valence-corrected chi connectivity index (χ3v) is 5.59. The number of nitrogens with one attached hydrogen (secondary N) is 1. The first-order valence-electron chi connectivity index (χ1n) is 10.2. The number of anilines is 1. The number of aromatic nitrogens is 1. The van der Waals surface area contributed by atoms with Crippen molar-refractivity contribution in [2.24, 2.45) is 5.10 Å². The molecule has 32 heavy (non-hydrogen) atoms. The summed E-state index contributed by atoms with van der Waals surface area (Å²) >= 11 is 1.38. The van der Waals surface area contributed by atoms with Gasteiger partial charge in [-0.1, -0.05) is 12.1 Å². The molecule has 0 radical (unpaired) electrons. The van der Waals surface area contributed by atoms with Gasteiger partial charge in [-0.05, 0) is 61.7 Å². The van der Waals surface area contributed by atoms with Crippen molar-refractivity contribution in [3.05, 3.63) is 69.7 Å². The zero-order valence-corrected chi connectivity index (χ0v) is 19.5. The number of hydrogen-bond donors (Lipinski definition) is 1. The van der Waals surface area contributed by atoms with Crippen molar-refractivity contribution in [2.45, 2.75) is 33.8 Å². The molecule has 168 valence electrons. The number of rotatable bonds is 10. The van der Waals surface area contributed by atoms with E-state index in [1.165, 1.54) is 16.9 Å². The van der Waals surface area contributed by atoms with Gasteiger partial charge < -0.3 is 14.2 Å². The van der Waals surface area contributed by atoms with Crippen LogP contribution in [0, 0.1) is 13.8 Å². The molecule has 0 saturated carbocycles. The first kappa shape index (κ1) is 23.3. The summed E-state index contributed by atoms with van der Waals surface area (Å²) < 4.78 is 16.5. The molecule has 0 atom stereocenters. The summed E-state index contributed by atoms with van der Waals surface area (Å²) in [6.45, 7) is 6.63. The van der Waals surface area contributed by atoms with Crippen molar-refractivity contribution < 1.29 is 19.0 Å². The minimum absolute atomic E-state index is 0.151. The van der Waals surface area contributed by atoms with Crippen molar-refractivity contribution in [1.29, 1.82) is 0 Å². The first-order chi connectivity index (χ1) is 15.5. The fourth-order valence-corrected chi connectivity index (χ4v) is 3.65. The monoisotopic (exact) mass is 453 g/mol. The minimum atomic E-state index is -0.290. The summed E-state index contributed by atoms with van der Waals surface area (Å²) in [7, 11) is 1.64. The van der Waals surface area contributed by atoms with E-state index in [-0.39, 0.29) is 12.4 Å². The van der Waals surface area contributed by atoms with Crippen LogP contribution in [0.2, 0.25) is 0 Å². The molecule has 0 fully saturated rings. The van der Waals surface area contributed by atoms with Crippen LogP contribution in [-0.4, -0.2) is 30.9 Å². The number of methoxy groups -OCH3 is 1. The van der Waals surface area contributed by atoms with Crippen LogP contribution in [0.1, 0.15) is 34.9 Å². The van der Waals surface area contributed by atoms with Crippen LogP contribution in [0.3, 0.4) is 0 Å².